The average molecular weight is 505 g/mol. The molecule has 0 unspecified atom stereocenters. The van der Waals surface area contributed by atoms with Crippen molar-refractivity contribution >= 4 is 5.91 Å². The lowest BCUT2D eigenvalue weighted by Crippen LogP contribution is -2.24. The number of imidazole rings is 1. The van der Waals surface area contributed by atoms with Gasteiger partial charge < -0.3 is 16.0 Å². The molecule has 1 amide bonds. The van der Waals surface area contributed by atoms with Crippen LogP contribution in [0.15, 0.2) is 48.5 Å². The highest BCUT2D eigenvalue weighted by Crippen LogP contribution is 2.28. The Balaban J connectivity index is 0.000000500. The molecule has 0 radical (unpaired) electrons. The van der Waals surface area contributed by atoms with Gasteiger partial charge in [-0.3, -0.25) is 9.18 Å². The van der Waals surface area contributed by atoms with Crippen LogP contribution in [-0.2, 0) is 17.6 Å². The number of amides is 1. The molecule has 5 nitrogen and oxygen atoms in total. The summed E-state index contributed by atoms with van der Waals surface area (Å²) in [5, 5.41) is 2.71. The molecule has 36 heavy (non-hydrogen) atoms. The molecule has 1 heterocycles. The van der Waals surface area contributed by atoms with Crippen molar-refractivity contribution < 1.29 is 18.0 Å². The number of aromatic amines is 1. The monoisotopic (exact) mass is 504 g/mol. The molecule has 0 spiro atoms. The Morgan fingerprint density at radius 3 is 2.33 bits per heavy atom. The molecular formula is C28H39F3N4O. The van der Waals surface area contributed by atoms with E-state index in [2.05, 4.69) is 36.1 Å². The molecule has 3 aromatic rings. The van der Waals surface area contributed by atoms with Crippen molar-refractivity contribution in [2.24, 2.45) is 11.1 Å². The standard InChI is InChI=1S/C21H22F2N2.C6H14N2O.CH3F/c1-21(2,3)13-19-18(11-14-7-5-4-6-8-14)24-20(25-19)16-12-15(22)9-10-17(16)23;1-2-6(9)8-5-3-4-7;1-2/h4-10,12H,11,13H2,1-3H3,(H,24,25);2-5,7H2,1H3,(H,8,9);1H3. The van der Waals surface area contributed by atoms with Crippen molar-refractivity contribution in [3.63, 3.8) is 0 Å². The average Bonchev–Trinajstić information content (AvgIpc) is 3.23. The molecule has 0 aliphatic rings. The minimum Gasteiger partial charge on any atom is -0.356 e. The largest absolute Gasteiger partial charge is 0.356 e. The zero-order chi connectivity index (χ0) is 27.1. The minimum atomic E-state index is -0.483. The Kier molecular flexibility index (Phi) is 13.5. The summed E-state index contributed by atoms with van der Waals surface area (Å²) in [6.45, 7) is 9.59. The molecule has 1 aromatic heterocycles. The highest BCUT2D eigenvalue weighted by atomic mass is 19.1. The van der Waals surface area contributed by atoms with Crippen molar-refractivity contribution in [1.82, 2.24) is 15.3 Å². The summed E-state index contributed by atoms with van der Waals surface area (Å²) in [7, 11) is 0.500. The molecule has 0 atom stereocenters. The van der Waals surface area contributed by atoms with Crippen LogP contribution in [0.3, 0.4) is 0 Å². The number of aromatic nitrogens is 2. The van der Waals surface area contributed by atoms with Gasteiger partial charge in [0.1, 0.15) is 17.5 Å². The maximum atomic E-state index is 14.1. The van der Waals surface area contributed by atoms with Gasteiger partial charge >= 0.3 is 0 Å². The predicted molar refractivity (Wildman–Crippen MR) is 140 cm³/mol. The molecule has 0 aliphatic heterocycles. The van der Waals surface area contributed by atoms with E-state index in [1.807, 2.05) is 37.3 Å². The number of alkyl halides is 1. The third-order valence-corrected chi connectivity index (χ3v) is 4.99. The van der Waals surface area contributed by atoms with Crippen molar-refractivity contribution in [1.29, 1.82) is 0 Å². The zero-order valence-corrected chi connectivity index (χ0v) is 21.9. The number of hydrogen-bond donors (Lipinski definition) is 3. The van der Waals surface area contributed by atoms with Gasteiger partial charge in [0.25, 0.3) is 0 Å². The van der Waals surface area contributed by atoms with Gasteiger partial charge in [0.05, 0.1) is 18.4 Å². The van der Waals surface area contributed by atoms with E-state index in [1.54, 1.807) is 0 Å². The first-order valence-corrected chi connectivity index (χ1v) is 12.0. The molecule has 0 aliphatic carbocycles. The van der Waals surface area contributed by atoms with Crippen LogP contribution in [0.25, 0.3) is 11.4 Å². The number of nitrogens with two attached hydrogens (primary N) is 1. The number of halogens is 3. The van der Waals surface area contributed by atoms with Gasteiger partial charge in [-0.1, -0.05) is 58.0 Å². The van der Waals surface area contributed by atoms with Gasteiger partial charge in [-0.15, -0.1) is 0 Å². The summed E-state index contributed by atoms with van der Waals surface area (Å²) in [6.07, 6.45) is 2.86. The summed E-state index contributed by atoms with van der Waals surface area (Å²) in [6, 6.07) is 13.5. The smallest absolute Gasteiger partial charge is 0.219 e. The second-order valence-electron chi connectivity index (χ2n) is 9.38. The van der Waals surface area contributed by atoms with Crippen molar-refractivity contribution in [3.8, 4) is 11.4 Å². The predicted octanol–water partition coefficient (Wildman–Crippen LogP) is 5.98. The molecule has 0 saturated carbocycles. The van der Waals surface area contributed by atoms with Crippen LogP contribution in [-0.4, -0.2) is 36.1 Å². The lowest BCUT2D eigenvalue weighted by molar-refractivity contribution is -0.120. The maximum Gasteiger partial charge on any atom is 0.219 e. The lowest BCUT2D eigenvalue weighted by atomic mass is 9.89. The second kappa shape index (κ2) is 15.8. The Hall–Kier alpha value is -3.13. The van der Waals surface area contributed by atoms with Crippen LogP contribution >= 0.6 is 0 Å². The van der Waals surface area contributed by atoms with Gasteiger partial charge in [-0.2, -0.15) is 0 Å². The van der Waals surface area contributed by atoms with Crippen LogP contribution in [0.5, 0.6) is 0 Å². The molecule has 198 valence electrons. The van der Waals surface area contributed by atoms with Gasteiger partial charge in [0.2, 0.25) is 5.91 Å². The minimum absolute atomic E-state index is 0.0401. The topological polar surface area (TPSA) is 83.8 Å². The van der Waals surface area contributed by atoms with Crippen molar-refractivity contribution in [3.05, 3.63) is 77.1 Å². The number of H-pyrrole nitrogens is 1. The Labute approximate surface area is 212 Å². The van der Waals surface area contributed by atoms with E-state index in [-0.39, 0.29) is 16.9 Å². The summed E-state index contributed by atoms with van der Waals surface area (Å²) >= 11 is 0. The van der Waals surface area contributed by atoms with Gasteiger partial charge in [0.15, 0.2) is 0 Å². The normalized spacial score (nSPS) is 10.6. The third kappa shape index (κ3) is 11.1. The Morgan fingerprint density at radius 1 is 1.08 bits per heavy atom. The van der Waals surface area contributed by atoms with Crippen LogP contribution < -0.4 is 11.1 Å². The maximum absolute atomic E-state index is 14.1. The molecule has 3 rings (SSSR count). The summed E-state index contributed by atoms with van der Waals surface area (Å²) in [5.41, 5.74) is 8.39. The van der Waals surface area contributed by atoms with Crippen molar-refractivity contribution in [2.75, 3.05) is 20.3 Å². The van der Waals surface area contributed by atoms with E-state index >= 15 is 0 Å². The molecule has 8 heteroatoms. The number of hydrogen-bond acceptors (Lipinski definition) is 3. The summed E-state index contributed by atoms with van der Waals surface area (Å²) in [4.78, 5) is 18.4. The molecule has 4 N–H and O–H groups in total. The number of rotatable bonds is 8. The van der Waals surface area contributed by atoms with E-state index in [9.17, 15) is 18.0 Å². The Morgan fingerprint density at radius 2 is 1.75 bits per heavy atom. The van der Waals surface area contributed by atoms with Crippen LogP contribution in [0, 0.1) is 17.0 Å². The van der Waals surface area contributed by atoms with Crippen LogP contribution in [0.1, 0.15) is 57.5 Å². The molecule has 0 bridgehead atoms. The number of carbonyl (C=O) groups excluding carboxylic acids is 1. The fraction of sp³-hybridized carbons (Fsp3) is 0.429. The summed E-state index contributed by atoms with van der Waals surface area (Å²) < 4.78 is 37.2. The van der Waals surface area contributed by atoms with Gasteiger partial charge in [-0.05, 0) is 48.6 Å². The van der Waals surface area contributed by atoms with E-state index in [0.29, 0.717) is 38.9 Å². The Bertz CT molecular complexity index is 1050. The fourth-order valence-electron chi connectivity index (χ4n) is 3.30. The lowest BCUT2D eigenvalue weighted by Gasteiger charge is -2.17. The van der Waals surface area contributed by atoms with E-state index in [4.69, 9.17) is 5.73 Å². The second-order valence-corrected chi connectivity index (χ2v) is 9.38. The zero-order valence-electron chi connectivity index (χ0n) is 21.9. The molecular weight excluding hydrogens is 465 g/mol. The van der Waals surface area contributed by atoms with Crippen molar-refractivity contribution in [2.45, 2.75) is 53.4 Å². The first-order chi connectivity index (χ1) is 17.1. The number of nitrogens with one attached hydrogen (secondary N) is 2. The number of carbonyl (C=O) groups is 1. The van der Waals surface area contributed by atoms with Crippen LogP contribution in [0.4, 0.5) is 13.2 Å². The first kappa shape index (κ1) is 30.9. The van der Waals surface area contributed by atoms with E-state index in [1.165, 1.54) is 6.07 Å². The number of nitrogens with zero attached hydrogens (tertiary/aromatic N) is 1. The highest BCUT2D eigenvalue weighted by Gasteiger charge is 2.20. The molecule has 0 fully saturated rings. The molecule has 2 aromatic carbocycles. The quantitative estimate of drug-likeness (QED) is 0.330. The fourth-order valence-corrected chi connectivity index (χ4v) is 3.30. The SMILES string of the molecule is CC(C)(C)Cc1nc(-c2cc(F)ccc2F)[nH]c1Cc1ccccc1.CCC(=O)NCCCN.CF. The first-order valence-electron chi connectivity index (χ1n) is 12.0. The van der Waals surface area contributed by atoms with E-state index in [0.717, 1.165) is 41.9 Å². The number of benzene rings is 2. The van der Waals surface area contributed by atoms with Gasteiger partial charge in [-0.25, -0.2) is 13.8 Å². The van der Waals surface area contributed by atoms with Gasteiger partial charge in [0, 0.05) is 25.1 Å². The van der Waals surface area contributed by atoms with Crippen LogP contribution in [0.2, 0.25) is 0 Å². The molecule has 0 saturated heterocycles. The third-order valence-electron chi connectivity index (χ3n) is 4.99. The van der Waals surface area contributed by atoms with E-state index < -0.39 is 11.6 Å². The summed E-state index contributed by atoms with van der Waals surface area (Å²) in [5.74, 6) is -0.482. The highest BCUT2D eigenvalue weighted by molar-refractivity contribution is 5.75.